The molecule has 0 aliphatic rings. The van der Waals surface area contributed by atoms with Crippen LogP contribution in [0.1, 0.15) is 20.3 Å². The molecule has 1 atom stereocenters. The molecule has 0 aliphatic carbocycles. The molecule has 0 saturated carbocycles. The lowest BCUT2D eigenvalue weighted by atomic mass is 10.4. The first kappa shape index (κ1) is 10.6. The van der Waals surface area contributed by atoms with Crippen molar-refractivity contribution in [2.45, 2.75) is 25.5 Å². The summed E-state index contributed by atoms with van der Waals surface area (Å²) in [5.74, 6) is 0.0839. The predicted octanol–water partition coefficient (Wildman–Crippen LogP) is 2.20. The molecule has 0 aromatic carbocycles. The number of thioether (sulfide) groups is 1. The monoisotopic (exact) mass is 174 g/mol. The molecule has 0 aromatic rings. The summed E-state index contributed by atoms with van der Waals surface area (Å²) in [7, 11) is 0. The zero-order valence-electron chi connectivity index (χ0n) is 7.00. The number of hydrogen-bond acceptors (Lipinski definition) is 3. The van der Waals surface area contributed by atoms with E-state index in [9.17, 15) is 4.79 Å². The SMILES string of the molecule is C=CC(=O)OCSC(C)CC. The number of ether oxygens (including phenoxy) is 1. The Morgan fingerprint density at radius 1 is 1.82 bits per heavy atom. The molecular weight excluding hydrogens is 160 g/mol. The summed E-state index contributed by atoms with van der Waals surface area (Å²) in [4.78, 5) is 10.5. The van der Waals surface area contributed by atoms with E-state index < -0.39 is 0 Å². The molecule has 0 fully saturated rings. The Morgan fingerprint density at radius 3 is 2.91 bits per heavy atom. The molecule has 0 spiro atoms. The topological polar surface area (TPSA) is 26.3 Å². The van der Waals surface area contributed by atoms with Crippen molar-refractivity contribution in [1.29, 1.82) is 0 Å². The average molecular weight is 174 g/mol. The third-order valence-corrected chi connectivity index (χ3v) is 2.45. The maximum atomic E-state index is 10.5. The zero-order valence-corrected chi connectivity index (χ0v) is 7.82. The molecule has 0 N–H and O–H groups in total. The molecule has 3 heteroatoms. The summed E-state index contributed by atoms with van der Waals surface area (Å²) < 4.78 is 4.77. The van der Waals surface area contributed by atoms with Crippen molar-refractivity contribution in [3.63, 3.8) is 0 Å². The van der Waals surface area contributed by atoms with Crippen molar-refractivity contribution < 1.29 is 9.53 Å². The molecule has 0 rings (SSSR count). The van der Waals surface area contributed by atoms with Crippen LogP contribution in [0.5, 0.6) is 0 Å². The molecule has 2 nitrogen and oxygen atoms in total. The minimum atomic E-state index is -0.346. The van der Waals surface area contributed by atoms with Crippen molar-refractivity contribution in [3.8, 4) is 0 Å². The van der Waals surface area contributed by atoms with E-state index in [1.165, 1.54) is 6.08 Å². The highest BCUT2D eigenvalue weighted by atomic mass is 32.2. The van der Waals surface area contributed by atoms with E-state index in [4.69, 9.17) is 4.74 Å². The smallest absolute Gasteiger partial charge is 0.330 e. The van der Waals surface area contributed by atoms with E-state index in [0.717, 1.165) is 6.42 Å². The summed E-state index contributed by atoms with van der Waals surface area (Å²) in [6.07, 6.45) is 2.27. The van der Waals surface area contributed by atoms with Crippen molar-refractivity contribution in [2.24, 2.45) is 0 Å². The van der Waals surface area contributed by atoms with Gasteiger partial charge in [0.1, 0.15) is 5.94 Å². The van der Waals surface area contributed by atoms with Crippen molar-refractivity contribution in [1.82, 2.24) is 0 Å². The Morgan fingerprint density at radius 2 is 2.45 bits per heavy atom. The lowest BCUT2D eigenvalue weighted by Crippen LogP contribution is -2.02. The Labute approximate surface area is 72.0 Å². The van der Waals surface area contributed by atoms with E-state index in [-0.39, 0.29) is 5.97 Å². The van der Waals surface area contributed by atoms with Crippen LogP contribution in [0, 0.1) is 0 Å². The van der Waals surface area contributed by atoms with Crippen LogP contribution in [-0.4, -0.2) is 17.2 Å². The van der Waals surface area contributed by atoms with Gasteiger partial charge in [0.2, 0.25) is 0 Å². The fraction of sp³-hybridized carbons (Fsp3) is 0.625. The number of hydrogen-bond donors (Lipinski definition) is 0. The van der Waals surface area contributed by atoms with E-state index in [2.05, 4.69) is 20.4 Å². The maximum absolute atomic E-state index is 10.5. The fourth-order valence-corrected chi connectivity index (χ4v) is 1.04. The maximum Gasteiger partial charge on any atom is 0.330 e. The van der Waals surface area contributed by atoms with Crippen LogP contribution in [0.25, 0.3) is 0 Å². The molecule has 0 aliphatic heterocycles. The van der Waals surface area contributed by atoms with Crippen LogP contribution in [0.4, 0.5) is 0 Å². The summed E-state index contributed by atoms with van der Waals surface area (Å²) in [6, 6.07) is 0. The fourth-order valence-electron chi connectivity index (χ4n) is 0.385. The molecule has 11 heavy (non-hydrogen) atoms. The molecule has 0 heterocycles. The third-order valence-electron chi connectivity index (χ3n) is 1.30. The highest BCUT2D eigenvalue weighted by Crippen LogP contribution is 2.12. The van der Waals surface area contributed by atoms with Gasteiger partial charge in [-0.1, -0.05) is 20.4 Å². The summed E-state index contributed by atoms with van der Waals surface area (Å²) in [5.41, 5.74) is 0. The molecule has 0 aromatic heterocycles. The van der Waals surface area contributed by atoms with Gasteiger partial charge in [0.05, 0.1) is 0 Å². The van der Waals surface area contributed by atoms with Crippen LogP contribution in [-0.2, 0) is 9.53 Å². The van der Waals surface area contributed by atoms with Crippen molar-refractivity contribution in [3.05, 3.63) is 12.7 Å². The summed E-state index contributed by atoms with van der Waals surface area (Å²) >= 11 is 1.63. The largest absolute Gasteiger partial charge is 0.451 e. The summed E-state index contributed by atoms with van der Waals surface area (Å²) in [5, 5.41) is 0.549. The Hall–Kier alpha value is -0.440. The van der Waals surface area contributed by atoms with Crippen molar-refractivity contribution >= 4 is 17.7 Å². The molecular formula is C8H14O2S. The van der Waals surface area contributed by atoms with Crippen LogP contribution in [0.3, 0.4) is 0 Å². The average Bonchev–Trinajstić information content (AvgIpc) is 2.04. The minimum Gasteiger partial charge on any atom is -0.451 e. The third kappa shape index (κ3) is 5.98. The van der Waals surface area contributed by atoms with Crippen LogP contribution in [0.15, 0.2) is 12.7 Å². The summed E-state index contributed by atoms with van der Waals surface area (Å²) in [6.45, 7) is 7.50. The number of esters is 1. The van der Waals surface area contributed by atoms with Crippen molar-refractivity contribution in [2.75, 3.05) is 5.94 Å². The Kier molecular flexibility index (Phi) is 6.03. The first-order valence-electron chi connectivity index (χ1n) is 3.61. The quantitative estimate of drug-likeness (QED) is 0.363. The van der Waals surface area contributed by atoms with Gasteiger partial charge < -0.3 is 4.74 Å². The van der Waals surface area contributed by atoms with Gasteiger partial charge in [-0.05, 0) is 6.42 Å². The van der Waals surface area contributed by atoms with Gasteiger partial charge in [0, 0.05) is 11.3 Å². The minimum absolute atomic E-state index is 0.346. The molecule has 0 radical (unpaired) electrons. The van der Waals surface area contributed by atoms with E-state index in [0.29, 0.717) is 11.2 Å². The molecule has 64 valence electrons. The van der Waals surface area contributed by atoms with E-state index in [1.54, 1.807) is 11.8 Å². The standard InChI is InChI=1S/C8H14O2S/c1-4-7(3)11-6-10-8(9)5-2/h5,7H,2,4,6H2,1,3H3. The van der Waals surface area contributed by atoms with Gasteiger partial charge >= 0.3 is 5.97 Å². The molecule has 1 unspecified atom stereocenters. The van der Waals surface area contributed by atoms with Gasteiger partial charge in [0.25, 0.3) is 0 Å². The number of carbonyl (C=O) groups excluding carboxylic acids is 1. The van der Waals surface area contributed by atoms with Crippen LogP contribution >= 0.6 is 11.8 Å². The van der Waals surface area contributed by atoms with Crippen LogP contribution in [0.2, 0.25) is 0 Å². The highest BCUT2D eigenvalue weighted by Gasteiger charge is 2.00. The normalized spacial score (nSPS) is 12.2. The van der Waals surface area contributed by atoms with Gasteiger partial charge in [-0.2, -0.15) is 0 Å². The first-order valence-corrected chi connectivity index (χ1v) is 4.66. The van der Waals surface area contributed by atoms with Gasteiger partial charge in [-0.15, -0.1) is 11.8 Å². The van der Waals surface area contributed by atoms with Crippen LogP contribution < -0.4 is 0 Å². The van der Waals surface area contributed by atoms with Gasteiger partial charge in [-0.3, -0.25) is 0 Å². The Bertz CT molecular complexity index is 134. The predicted molar refractivity (Wildman–Crippen MR) is 48.5 cm³/mol. The lowest BCUT2D eigenvalue weighted by molar-refractivity contribution is -0.135. The number of rotatable bonds is 5. The number of carbonyl (C=O) groups is 1. The zero-order chi connectivity index (χ0) is 8.69. The van der Waals surface area contributed by atoms with Gasteiger partial charge in [-0.25, -0.2) is 4.79 Å². The molecule has 0 bridgehead atoms. The van der Waals surface area contributed by atoms with E-state index in [1.807, 2.05) is 0 Å². The second-order valence-electron chi connectivity index (χ2n) is 2.17. The second-order valence-corrected chi connectivity index (χ2v) is 3.54. The van der Waals surface area contributed by atoms with Gasteiger partial charge in [0.15, 0.2) is 0 Å². The second kappa shape index (κ2) is 6.28. The highest BCUT2D eigenvalue weighted by molar-refractivity contribution is 7.99. The lowest BCUT2D eigenvalue weighted by Gasteiger charge is -2.06. The first-order chi connectivity index (χ1) is 5.20. The van der Waals surface area contributed by atoms with E-state index >= 15 is 0 Å². The Balaban J connectivity index is 3.26. The molecule has 0 amide bonds. The molecule has 0 saturated heterocycles.